The number of carbonyl (C=O) groups is 3. The summed E-state index contributed by atoms with van der Waals surface area (Å²) in [6.45, 7) is 3.34. The van der Waals surface area contributed by atoms with Crippen LogP contribution in [0.4, 0.5) is 20.4 Å². The number of benzene rings is 1. The smallest absolute Gasteiger partial charge is 0.328 e. The standard InChI is InChI=1S/C24H30N6O4S/c1-25-22(32)29-11-8-24(14-29)15-30(23(33)27-21-26-13-20(34-2)35-21)18-6-4-16(12-17(18)24)5-7-19(31)28-9-3-10-28/h4,6,12-13H,3,5,7-11,14-15H2,1-2H3,(H,25,32)(H,26,27,33). The van der Waals surface area contributed by atoms with Crippen LogP contribution in [0, 0.1) is 0 Å². The Morgan fingerprint density at radius 3 is 2.66 bits per heavy atom. The van der Waals surface area contributed by atoms with Gasteiger partial charge in [-0.15, -0.1) is 0 Å². The zero-order valence-electron chi connectivity index (χ0n) is 20.0. The number of hydrogen-bond donors (Lipinski definition) is 2. The van der Waals surface area contributed by atoms with E-state index in [2.05, 4.69) is 21.7 Å². The largest absolute Gasteiger partial charge is 0.486 e. The molecule has 1 aromatic heterocycles. The highest BCUT2D eigenvalue weighted by Crippen LogP contribution is 2.47. The van der Waals surface area contributed by atoms with Crippen LogP contribution >= 0.6 is 11.3 Å². The first-order valence-corrected chi connectivity index (χ1v) is 12.7. The summed E-state index contributed by atoms with van der Waals surface area (Å²) in [6, 6.07) is 5.72. The van der Waals surface area contributed by atoms with Crippen LogP contribution in [0.2, 0.25) is 0 Å². The van der Waals surface area contributed by atoms with E-state index in [0.717, 1.165) is 42.7 Å². The molecule has 0 radical (unpaired) electrons. The fourth-order valence-electron chi connectivity index (χ4n) is 5.15. The first-order chi connectivity index (χ1) is 16.9. The molecule has 10 nitrogen and oxygen atoms in total. The molecule has 0 bridgehead atoms. The van der Waals surface area contributed by atoms with Crippen LogP contribution in [0.5, 0.6) is 5.06 Å². The summed E-state index contributed by atoms with van der Waals surface area (Å²) in [4.78, 5) is 47.7. The minimum Gasteiger partial charge on any atom is -0.486 e. The molecular formula is C24H30N6O4S. The molecule has 4 heterocycles. The van der Waals surface area contributed by atoms with Gasteiger partial charge in [0.15, 0.2) is 10.2 Å². The number of amides is 5. The van der Waals surface area contributed by atoms with Crippen LogP contribution in [0.3, 0.4) is 0 Å². The van der Waals surface area contributed by atoms with Crippen molar-refractivity contribution in [2.75, 3.05) is 57.1 Å². The average Bonchev–Trinajstić information content (AvgIpc) is 3.54. The van der Waals surface area contributed by atoms with E-state index in [-0.39, 0.29) is 23.4 Å². The van der Waals surface area contributed by atoms with E-state index in [1.54, 1.807) is 30.2 Å². The second-order valence-electron chi connectivity index (χ2n) is 9.30. The van der Waals surface area contributed by atoms with Gasteiger partial charge in [-0.1, -0.05) is 23.5 Å². The lowest BCUT2D eigenvalue weighted by molar-refractivity contribution is -0.134. The number of methoxy groups -OCH3 is 1. The van der Waals surface area contributed by atoms with Crippen molar-refractivity contribution < 1.29 is 19.1 Å². The van der Waals surface area contributed by atoms with E-state index in [9.17, 15) is 14.4 Å². The van der Waals surface area contributed by atoms with Crippen LogP contribution in [-0.2, 0) is 16.6 Å². The molecular weight excluding hydrogens is 468 g/mol. The summed E-state index contributed by atoms with van der Waals surface area (Å²) in [5.41, 5.74) is 2.62. The van der Waals surface area contributed by atoms with E-state index >= 15 is 0 Å². The Bertz CT molecular complexity index is 1150. The molecule has 0 aliphatic carbocycles. The number of likely N-dealkylation sites (tertiary alicyclic amines) is 2. The molecule has 1 atom stereocenters. The third-order valence-corrected chi connectivity index (χ3v) is 8.09. The molecule has 3 aliphatic heterocycles. The highest BCUT2D eigenvalue weighted by atomic mass is 32.1. The number of hydrogen-bond acceptors (Lipinski definition) is 6. The van der Waals surface area contributed by atoms with Gasteiger partial charge in [-0.25, -0.2) is 14.6 Å². The number of carbonyl (C=O) groups excluding carboxylic acids is 3. The number of thiazole rings is 1. The second kappa shape index (κ2) is 9.37. The maximum atomic E-state index is 13.3. The van der Waals surface area contributed by atoms with Gasteiger partial charge in [0, 0.05) is 57.3 Å². The van der Waals surface area contributed by atoms with Crippen LogP contribution in [0.25, 0.3) is 0 Å². The highest BCUT2D eigenvalue weighted by Gasteiger charge is 2.50. The van der Waals surface area contributed by atoms with Crippen LogP contribution in [0.15, 0.2) is 24.4 Å². The van der Waals surface area contributed by atoms with E-state index < -0.39 is 0 Å². The molecule has 2 saturated heterocycles. The number of nitrogens with zero attached hydrogens (tertiary/aromatic N) is 4. The predicted molar refractivity (Wildman–Crippen MR) is 133 cm³/mol. The maximum Gasteiger partial charge on any atom is 0.328 e. The van der Waals surface area contributed by atoms with Gasteiger partial charge in [0.2, 0.25) is 5.91 Å². The number of ether oxygens (including phenoxy) is 1. The van der Waals surface area contributed by atoms with Gasteiger partial charge in [0.1, 0.15) is 0 Å². The third-order valence-electron chi connectivity index (χ3n) is 7.22. The van der Waals surface area contributed by atoms with Crippen molar-refractivity contribution >= 4 is 40.1 Å². The van der Waals surface area contributed by atoms with Gasteiger partial charge in [0.25, 0.3) is 0 Å². The number of fused-ring (bicyclic) bond motifs is 2. The molecule has 1 unspecified atom stereocenters. The molecule has 2 N–H and O–H groups in total. The lowest BCUT2D eigenvalue weighted by Gasteiger charge is -2.31. The van der Waals surface area contributed by atoms with Gasteiger partial charge >= 0.3 is 12.1 Å². The second-order valence-corrected chi connectivity index (χ2v) is 10.3. The number of nitrogens with one attached hydrogen (secondary N) is 2. The van der Waals surface area contributed by atoms with Crippen molar-refractivity contribution in [3.8, 4) is 5.06 Å². The number of aryl methyl sites for hydroxylation is 1. The Hall–Kier alpha value is -3.34. The molecule has 3 aliphatic rings. The number of anilines is 2. The SMILES string of the molecule is CNC(=O)N1CCC2(C1)CN(C(=O)Nc1ncc(OC)s1)c1ccc(CCC(=O)N3CCC3)cc12. The molecule has 1 aromatic carbocycles. The van der Waals surface area contributed by atoms with Gasteiger partial charge in [-0.2, -0.15) is 0 Å². The van der Waals surface area contributed by atoms with Gasteiger partial charge in [-0.3, -0.25) is 15.0 Å². The van der Waals surface area contributed by atoms with Gasteiger partial charge < -0.3 is 19.9 Å². The molecule has 2 fully saturated rings. The van der Waals surface area contributed by atoms with Crippen molar-refractivity contribution in [1.29, 1.82) is 0 Å². The lowest BCUT2D eigenvalue weighted by atomic mass is 9.81. The van der Waals surface area contributed by atoms with E-state index in [4.69, 9.17) is 4.74 Å². The normalized spacial score (nSPS) is 20.6. The van der Waals surface area contributed by atoms with E-state index in [1.807, 2.05) is 17.0 Å². The Morgan fingerprint density at radius 2 is 1.97 bits per heavy atom. The van der Waals surface area contributed by atoms with Crippen LogP contribution in [0.1, 0.15) is 30.4 Å². The van der Waals surface area contributed by atoms with Crippen molar-refractivity contribution in [2.24, 2.45) is 0 Å². The minimum atomic E-state index is -0.350. The molecule has 186 valence electrons. The predicted octanol–water partition coefficient (Wildman–Crippen LogP) is 2.65. The van der Waals surface area contributed by atoms with Crippen molar-refractivity contribution in [3.63, 3.8) is 0 Å². The Balaban J connectivity index is 1.39. The molecule has 1 spiro atoms. The van der Waals surface area contributed by atoms with Crippen molar-refractivity contribution in [1.82, 2.24) is 20.1 Å². The minimum absolute atomic E-state index is 0.113. The zero-order valence-corrected chi connectivity index (χ0v) is 20.8. The monoisotopic (exact) mass is 498 g/mol. The number of aromatic nitrogens is 1. The Morgan fingerprint density at radius 1 is 1.14 bits per heavy atom. The zero-order chi connectivity index (χ0) is 24.6. The maximum absolute atomic E-state index is 13.3. The molecule has 35 heavy (non-hydrogen) atoms. The average molecular weight is 499 g/mol. The summed E-state index contributed by atoms with van der Waals surface area (Å²) in [6.07, 6.45) is 4.56. The first kappa shape index (κ1) is 23.4. The fraction of sp³-hybridized carbons (Fsp3) is 0.500. The molecule has 0 saturated carbocycles. The third kappa shape index (κ3) is 4.40. The Kier molecular flexibility index (Phi) is 6.26. The summed E-state index contributed by atoms with van der Waals surface area (Å²) in [7, 11) is 3.19. The van der Waals surface area contributed by atoms with Crippen LogP contribution < -0.4 is 20.3 Å². The summed E-state index contributed by atoms with van der Waals surface area (Å²) in [5, 5.41) is 6.68. The highest BCUT2D eigenvalue weighted by molar-refractivity contribution is 7.17. The quantitative estimate of drug-likeness (QED) is 0.659. The van der Waals surface area contributed by atoms with Crippen LogP contribution in [-0.4, -0.2) is 79.6 Å². The molecule has 5 amide bonds. The number of urea groups is 2. The first-order valence-electron chi connectivity index (χ1n) is 11.9. The van der Waals surface area contributed by atoms with Gasteiger partial charge in [-0.05, 0) is 36.5 Å². The van der Waals surface area contributed by atoms with Gasteiger partial charge in [0.05, 0.1) is 13.3 Å². The summed E-state index contributed by atoms with van der Waals surface area (Å²) in [5.74, 6) is 0.193. The fourth-order valence-corrected chi connectivity index (χ4v) is 5.77. The van der Waals surface area contributed by atoms with E-state index in [0.29, 0.717) is 42.7 Å². The molecule has 2 aromatic rings. The molecule has 5 rings (SSSR count). The topological polar surface area (TPSA) is 107 Å². The number of rotatable bonds is 5. The van der Waals surface area contributed by atoms with Crippen molar-refractivity contribution in [3.05, 3.63) is 35.5 Å². The van der Waals surface area contributed by atoms with E-state index in [1.165, 1.54) is 11.3 Å². The van der Waals surface area contributed by atoms with Crippen molar-refractivity contribution in [2.45, 2.75) is 31.1 Å². The molecule has 11 heteroatoms. The Labute approximate surface area is 208 Å². The summed E-state index contributed by atoms with van der Waals surface area (Å²) >= 11 is 1.26. The summed E-state index contributed by atoms with van der Waals surface area (Å²) < 4.78 is 5.18. The lowest BCUT2D eigenvalue weighted by Crippen LogP contribution is -2.43.